The molecule has 0 aliphatic carbocycles. The molecular weight excluding hydrogens is 598 g/mol. The minimum Gasteiger partial charge on any atom is -0.371 e. The summed E-state index contributed by atoms with van der Waals surface area (Å²) in [5.74, 6) is -0.374. The molecule has 3 unspecified atom stereocenters. The molecular formula is C31H31Cl2FN4O3S. The van der Waals surface area contributed by atoms with Crippen molar-refractivity contribution in [2.45, 2.75) is 49.6 Å². The van der Waals surface area contributed by atoms with E-state index >= 15 is 0 Å². The maximum absolute atomic E-state index is 14.8. The quantitative estimate of drug-likeness (QED) is 0.372. The van der Waals surface area contributed by atoms with Crippen molar-refractivity contribution in [1.82, 2.24) is 9.62 Å². The number of carbonyl (C=O) groups is 1. The molecule has 3 aromatic rings. The van der Waals surface area contributed by atoms with Gasteiger partial charge in [-0.3, -0.25) is 9.79 Å². The number of anilines is 1. The fourth-order valence-electron chi connectivity index (χ4n) is 6.79. The van der Waals surface area contributed by atoms with Gasteiger partial charge in [-0.2, -0.15) is 0 Å². The standard InChI is InChI=1S/C31H31Cl2FN4O3S/c1-18-6-8-22(34)16-24(18)29-31(25-9-7-21(33)15-27(25)36-30(31)39)26(19-4-3-5-20(32)14-19)17-28(37-29)35-23-10-12-38(13-11-23)42(2,40)41/h3-9,14-16,23,26,29H,10-13,17H2,1-2H3,(H,35,37)(H,36,39). The number of amidine groups is 1. The van der Waals surface area contributed by atoms with Gasteiger partial charge in [0.1, 0.15) is 11.2 Å². The van der Waals surface area contributed by atoms with Crippen LogP contribution in [-0.2, 0) is 20.2 Å². The molecule has 0 aromatic heterocycles. The summed E-state index contributed by atoms with van der Waals surface area (Å²) in [7, 11) is -3.26. The average Bonchev–Trinajstić information content (AvgIpc) is 3.21. The summed E-state index contributed by atoms with van der Waals surface area (Å²) in [5.41, 5.74) is 2.44. The molecule has 0 bridgehead atoms. The van der Waals surface area contributed by atoms with Gasteiger partial charge in [-0.05, 0) is 78.4 Å². The molecule has 3 heterocycles. The minimum atomic E-state index is -3.26. The number of piperidine rings is 1. The molecule has 2 N–H and O–H groups in total. The summed E-state index contributed by atoms with van der Waals surface area (Å²) in [6.07, 6.45) is 2.85. The van der Waals surface area contributed by atoms with Crippen LogP contribution in [0.1, 0.15) is 53.5 Å². The van der Waals surface area contributed by atoms with Crippen LogP contribution in [0.4, 0.5) is 10.1 Å². The second-order valence-corrected chi connectivity index (χ2v) is 14.2. The zero-order chi connectivity index (χ0) is 29.8. The number of amides is 1. The Hall–Kier alpha value is -2.98. The Morgan fingerprint density at radius 3 is 2.50 bits per heavy atom. The van der Waals surface area contributed by atoms with E-state index in [-0.39, 0.29) is 11.9 Å². The molecule has 3 aromatic carbocycles. The van der Waals surface area contributed by atoms with Crippen LogP contribution >= 0.6 is 23.2 Å². The van der Waals surface area contributed by atoms with Crippen molar-refractivity contribution in [1.29, 1.82) is 0 Å². The highest BCUT2D eigenvalue weighted by Gasteiger charge is 2.60. The summed E-state index contributed by atoms with van der Waals surface area (Å²) in [6.45, 7) is 2.72. The van der Waals surface area contributed by atoms with Gasteiger partial charge < -0.3 is 10.6 Å². The summed E-state index contributed by atoms with van der Waals surface area (Å²) < 4.78 is 40.5. The molecule has 3 aliphatic rings. The zero-order valence-electron chi connectivity index (χ0n) is 23.2. The number of nitrogens with zero attached hydrogens (tertiary/aromatic N) is 2. The molecule has 11 heteroatoms. The Labute approximate surface area is 255 Å². The molecule has 3 atom stereocenters. The first-order valence-electron chi connectivity index (χ1n) is 13.9. The molecule has 3 aliphatic heterocycles. The Kier molecular flexibility index (Phi) is 7.58. The fourth-order valence-corrected chi connectivity index (χ4v) is 8.03. The number of hydrogen-bond acceptors (Lipinski definition) is 5. The maximum Gasteiger partial charge on any atom is 0.238 e. The lowest BCUT2D eigenvalue weighted by molar-refractivity contribution is -0.122. The molecule has 42 heavy (non-hydrogen) atoms. The van der Waals surface area contributed by atoms with Crippen molar-refractivity contribution in [3.8, 4) is 0 Å². The van der Waals surface area contributed by atoms with Gasteiger partial charge in [0, 0.05) is 47.2 Å². The summed E-state index contributed by atoms with van der Waals surface area (Å²) in [4.78, 5) is 19.6. The second-order valence-electron chi connectivity index (χ2n) is 11.4. The first kappa shape index (κ1) is 29.1. The highest BCUT2D eigenvalue weighted by Crippen LogP contribution is 2.59. The number of benzene rings is 3. The van der Waals surface area contributed by atoms with E-state index in [1.807, 2.05) is 31.2 Å². The number of aliphatic imine (C=N–C) groups is 1. The molecule has 1 amide bonds. The van der Waals surface area contributed by atoms with E-state index in [0.717, 1.165) is 16.7 Å². The lowest BCUT2D eigenvalue weighted by atomic mass is 9.59. The van der Waals surface area contributed by atoms with Crippen molar-refractivity contribution in [2.75, 3.05) is 24.7 Å². The van der Waals surface area contributed by atoms with Crippen molar-refractivity contribution in [3.63, 3.8) is 0 Å². The highest BCUT2D eigenvalue weighted by atomic mass is 35.5. The van der Waals surface area contributed by atoms with Crippen LogP contribution in [0.2, 0.25) is 10.0 Å². The van der Waals surface area contributed by atoms with Gasteiger partial charge in [0.15, 0.2) is 0 Å². The van der Waals surface area contributed by atoms with Crippen molar-refractivity contribution < 1.29 is 17.6 Å². The van der Waals surface area contributed by atoms with E-state index < -0.39 is 33.2 Å². The van der Waals surface area contributed by atoms with Gasteiger partial charge in [0.2, 0.25) is 15.9 Å². The van der Waals surface area contributed by atoms with Crippen LogP contribution in [0.15, 0.2) is 65.7 Å². The van der Waals surface area contributed by atoms with E-state index in [1.54, 1.807) is 24.3 Å². The van der Waals surface area contributed by atoms with Crippen LogP contribution in [-0.4, -0.2) is 49.9 Å². The van der Waals surface area contributed by atoms with E-state index in [0.29, 0.717) is 59.5 Å². The van der Waals surface area contributed by atoms with Crippen molar-refractivity contribution in [2.24, 2.45) is 4.99 Å². The normalized spacial score (nSPS) is 24.8. The Morgan fingerprint density at radius 1 is 1.05 bits per heavy atom. The van der Waals surface area contributed by atoms with Gasteiger partial charge in [-0.15, -0.1) is 0 Å². The number of halogens is 3. The highest BCUT2D eigenvalue weighted by molar-refractivity contribution is 7.88. The summed E-state index contributed by atoms with van der Waals surface area (Å²) in [5, 5.41) is 7.68. The average molecular weight is 630 g/mol. The van der Waals surface area contributed by atoms with E-state index in [2.05, 4.69) is 10.6 Å². The van der Waals surface area contributed by atoms with E-state index in [4.69, 9.17) is 28.2 Å². The predicted molar refractivity (Wildman–Crippen MR) is 164 cm³/mol. The van der Waals surface area contributed by atoms with Gasteiger partial charge in [0.25, 0.3) is 0 Å². The molecule has 1 saturated heterocycles. The number of rotatable bonds is 4. The number of carbonyl (C=O) groups excluding carboxylic acids is 1. The first-order chi connectivity index (χ1) is 20.0. The summed E-state index contributed by atoms with van der Waals surface area (Å²) >= 11 is 12.8. The van der Waals surface area contributed by atoms with E-state index in [9.17, 15) is 17.6 Å². The van der Waals surface area contributed by atoms with Crippen molar-refractivity contribution in [3.05, 3.63) is 98.8 Å². The minimum absolute atomic E-state index is 0.00596. The molecule has 0 radical (unpaired) electrons. The van der Waals surface area contributed by atoms with Crippen molar-refractivity contribution >= 4 is 50.7 Å². The van der Waals surface area contributed by atoms with Crippen LogP contribution in [0.25, 0.3) is 0 Å². The number of hydrogen-bond donors (Lipinski definition) is 2. The topological polar surface area (TPSA) is 90.9 Å². The van der Waals surface area contributed by atoms with E-state index in [1.165, 1.54) is 22.7 Å². The lowest BCUT2D eigenvalue weighted by Crippen LogP contribution is -2.52. The third-order valence-corrected chi connectivity index (χ3v) is 10.6. The monoisotopic (exact) mass is 628 g/mol. The predicted octanol–water partition coefficient (Wildman–Crippen LogP) is 5.97. The SMILES string of the molecule is Cc1ccc(F)cc1C1N=C(NC2CCN(S(C)(=O)=O)CC2)CC(c2cccc(Cl)c2)C12C(=O)Nc1cc(Cl)ccc12. The molecule has 1 spiro atoms. The Bertz CT molecular complexity index is 1710. The number of nitrogens with one attached hydrogen (secondary N) is 2. The third-order valence-electron chi connectivity index (χ3n) is 8.80. The largest absolute Gasteiger partial charge is 0.371 e. The molecule has 6 rings (SSSR count). The molecule has 7 nitrogen and oxygen atoms in total. The van der Waals surface area contributed by atoms with Crippen LogP contribution in [0, 0.1) is 12.7 Å². The smallest absolute Gasteiger partial charge is 0.238 e. The third kappa shape index (κ3) is 5.10. The maximum atomic E-state index is 14.8. The van der Waals surface area contributed by atoms with Gasteiger partial charge in [-0.25, -0.2) is 17.1 Å². The Morgan fingerprint density at radius 2 is 1.79 bits per heavy atom. The van der Waals surface area contributed by atoms with Crippen LogP contribution in [0.5, 0.6) is 0 Å². The molecule has 0 saturated carbocycles. The van der Waals surface area contributed by atoms with Gasteiger partial charge in [0.05, 0.1) is 18.1 Å². The fraction of sp³-hybridized carbons (Fsp3) is 0.355. The number of fused-ring (bicyclic) bond motifs is 2. The van der Waals surface area contributed by atoms with Crippen LogP contribution in [0.3, 0.4) is 0 Å². The van der Waals surface area contributed by atoms with Crippen LogP contribution < -0.4 is 10.6 Å². The van der Waals surface area contributed by atoms with Gasteiger partial charge in [-0.1, -0.05) is 47.5 Å². The Balaban J connectivity index is 1.52. The first-order valence-corrected chi connectivity index (χ1v) is 16.5. The second kappa shape index (κ2) is 10.9. The zero-order valence-corrected chi connectivity index (χ0v) is 25.5. The summed E-state index contributed by atoms with van der Waals surface area (Å²) in [6, 6.07) is 16.7. The number of sulfonamides is 1. The lowest BCUT2D eigenvalue weighted by Gasteiger charge is -2.45. The molecule has 220 valence electrons. The molecule has 1 fully saturated rings. The van der Waals surface area contributed by atoms with Gasteiger partial charge >= 0.3 is 0 Å². The number of aryl methyl sites for hydroxylation is 1.